The van der Waals surface area contributed by atoms with Gasteiger partial charge in [0.15, 0.2) is 0 Å². The molecule has 0 bridgehead atoms. The van der Waals surface area contributed by atoms with Gasteiger partial charge in [0.1, 0.15) is 5.82 Å². The summed E-state index contributed by atoms with van der Waals surface area (Å²) in [6, 6.07) is 8.31. The van der Waals surface area contributed by atoms with Crippen molar-refractivity contribution in [1.82, 2.24) is 15.1 Å². The number of halogens is 1. The van der Waals surface area contributed by atoms with Gasteiger partial charge in [-0.05, 0) is 30.8 Å². The predicted octanol–water partition coefficient (Wildman–Crippen LogP) is 2.12. The largest absolute Gasteiger partial charge is 0.311 e. The molecule has 0 unspecified atom stereocenters. The van der Waals surface area contributed by atoms with Crippen molar-refractivity contribution in [3.05, 3.63) is 48.0 Å². The topological polar surface area (TPSA) is 29.9 Å². The molecule has 2 rings (SSSR count). The van der Waals surface area contributed by atoms with Crippen LogP contribution in [0.2, 0.25) is 0 Å². The zero-order valence-electron chi connectivity index (χ0n) is 9.15. The first-order valence-electron chi connectivity index (χ1n) is 5.31. The molecule has 2 aromatic rings. The zero-order valence-corrected chi connectivity index (χ0v) is 9.15. The smallest absolute Gasteiger partial charge is 0.125 e. The molecule has 4 heteroatoms. The number of aromatic nitrogens is 2. The minimum Gasteiger partial charge on any atom is -0.311 e. The maximum atomic E-state index is 13.0. The summed E-state index contributed by atoms with van der Waals surface area (Å²) in [5.74, 6) is -0.249. The SMILES string of the molecule is CCNCc1ccn(-c2cccc(F)c2)n1. The number of rotatable bonds is 4. The molecule has 0 aliphatic carbocycles. The van der Waals surface area contributed by atoms with Crippen LogP contribution in [0.5, 0.6) is 0 Å². The molecule has 84 valence electrons. The molecule has 0 aliphatic heterocycles. The molecule has 0 fully saturated rings. The van der Waals surface area contributed by atoms with Crippen LogP contribution in [0, 0.1) is 5.82 Å². The fourth-order valence-electron chi connectivity index (χ4n) is 1.47. The standard InChI is InChI=1S/C12H14FN3/c1-2-14-9-11-6-7-16(15-11)12-5-3-4-10(13)8-12/h3-8,14H,2,9H2,1H3. The Bertz CT molecular complexity index is 465. The maximum absolute atomic E-state index is 13.0. The molecule has 3 nitrogen and oxygen atoms in total. The van der Waals surface area contributed by atoms with Crippen LogP contribution in [0.25, 0.3) is 5.69 Å². The Hall–Kier alpha value is -1.68. The lowest BCUT2D eigenvalue weighted by atomic mass is 10.3. The van der Waals surface area contributed by atoms with Gasteiger partial charge < -0.3 is 5.32 Å². The van der Waals surface area contributed by atoms with E-state index in [2.05, 4.69) is 10.4 Å². The van der Waals surface area contributed by atoms with Gasteiger partial charge in [-0.2, -0.15) is 5.10 Å². The van der Waals surface area contributed by atoms with E-state index in [0.717, 1.165) is 24.5 Å². The van der Waals surface area contributed by atoms with Crippen LogP contribution in [0.15, 0.2) is 36.5 Å². The Balaban J connectivity index is 2.18. The van der Waals surface area contributed by atoms with Gasteiger partial charge in [-0.25, -0.2) is 9.07 Å². The summed E-state index contributed by atoms with van der Waals surface area (Å²) in [5.41, 5.74) is 1.69. The van der Waals surface area contributed by atoms with Crippen molar-refractivity contribution in [2.45, 2.75) is 13.5 Å². The summed E-state index contributed by atoms with van der Waals surface area (Å²) in [5, 5.41) is 7.54. The molecule has 0 saturated carbocycles. The van der Waals surface area contributed by atoms with E-state index in [0.29, 0.717) is 0 Å². The van der Waals surface area contributed by atoms with Crippen LogP contribution >= 0.6 is 0 Å². The van der Waals surface area contributed by atoms with Gasteiger partial charge in [0.2, 0.25) is 0 Å². The molecule has 1 N–H and O–H groups in total. The van der Waals surface area contributed by atoms with Crippen LogP contribution in [-0.4, -0.2) is 16.3 Å². The molecular formula is C12H14FN3. The Morgan fingerprint density at radius 3 is 3.00 bits per heavy atom. The fraction of sp³-hybridized carbons (Fsp3) is 0.250. The van der Waals surface area contributed by atoms with Gasteiger partial charge >= 0.3 is 0 Å². The van der Waals surface area contributed by atoms with Gasteiger partial charge in [0.05, 0.1) is 11.4 Å². The summed E-state index contributed by atoms with van der Waals surface area (Å²) in [6.45, 7) is 3.69. The predicted molar refractivity (Wildman–Crippen MR) is 60.9 cm³/mol. The van der Waals surface area contributed by atoms with Crippen molar-refractivity contribution < 1.29 is 4.39 Å². The first kappa shape index (κ1) is 10.8. The fourth-order valence-corrected chi connectivity index (χ4v) is 1.47. The van der Waals surface area contributed by atoms with Gasteiger partial charge in [-0.1, -0.05) is 13.0 Å². The van der Waals surface area contributed by atoms with E-state index in [9.17, 15) is 4.39 Å². The van der Waals surface area contributed by atoms with Crippen LogP contribution in [-0.2, 0) is 6.54 Å². The summed E-state index contributed by atoms with van der Waals surface area (Å²) < 4.78 is 14.7. The van der Waals surface area contributed by atoms with Gasteiger partial charge in [0.25, 0.3) is 0 Å². The first-order chi connectivity index (χ1) is 7.79. The summed E-state index contributed by atoms with van der Waals surface area (Å²) in [6.07, 6.45) is 1.83. The Morgan fingerprint density at radius 1 is 1.38 bits per heavy atom. The number of hydrogen-bond donors (Lipinski definition) is 1. The second-order valence-corrected chi connectivity index (χ2v) is 3.51. The lowest BCUT2D eigenvalue weighted by Gasteiger charge is -2.01. The molecule has 0 radical (unpaired) electrons. The normalized spacial score (nSPS) is 10.6. The third-order valence-corrected chi connectivity index (χ3v) is 2.27. The highest BCUT2D eigenvalue weighted by molar-refractivity contribution is 5.31. The van der Waals surface area contributed by atoms with E-state index >= 15 is 0 Å². The number of benzene rings is 1. The van der Waals surface area contributed by atoms with Crippen molar-refractivity contribution in [3.63, 3.8) is 0 Å². The van der Waals surface area contributed by atoms with Crippen LogP contribution in [0.3, 0.4) is 0 Å². The van der Waals surface area contributed by atoms with E-state index in [4.69, 9.17) is 0 Å². The highest BCUT2D eigenvalue weighted by atomic mass is 19.1. The van der Waals surface area contributed by atoms with Gasteiger partial charge in [-0.15, -0.1) is 0 Å². The van der Waals surface area contributed by atoms with E-state index in [-0.39, 0.29) is 5.82 Å². The van der Waals surface area contributed by atoms with E-state index in [1.54, 1.807) is 10.7 Å². The minimum atomic E-state index is -0.249. The highest BCUT2D eigenvalue weighted by Gasteiger charge is 2.01. The summed E-state index contributed by atoms with van der Waals surface area (Å²) >= 11 is 0. The third kappa shape index (κ3) is 2.46. The summed E-state index contributed by atoms with van der Waals surface area (Å²) in [4.78, 5) is 0. The molecule has 0 saturated heterocycles. The number of nitrogens with one attached hydrogen (secondary N) is 1. The summed E-state index contributed by atoms with van der Waals surface area (Å²) in [7, 11) is 0. The van der Waals surface area contributed by atoms with Crippen molar-refractivity contribution in [2.75, 3.05) is 6.54 Å². The quantitative estimate of drug-likeness (QED) is 0.853. The molecule has 1 heterocycles. The monoisotopic (exact) mass is 219 g/mol. The lowest BCUT2D eigenvalue weighted by Crippen LogP contribution is -2.12. The van der Waals surface area contributed by atoms with Gasteiger partial charge in [-0.3, -0.25) is 0 Å². The Labute approximate surface area is 93.9 Å². The van der Waals surface area contributed by atoms with Crippen LogP contribution < -0.4 is 5.32 Å². The molecule has 1 aromatic carbocycles. The average molecular weight is 219 g/mol. The molecule has 0 aliphatic rings. The Kier molecular flexibility index (Phi) is 3.31. The lowest BCUT2D eigenvalue weighted by molar-refractivity contribution is 0.625. The van der Waals surface area contributed by atoms with Crippen LogP contribution in [0.1, 0.15) is 12.6 Å². The first-order valence-corrected chi connectivity index (χ1v) is 5.31. The van der Waals surface area contributed by atoms with E-state index in [1.807, 2.05) is 25.3 Å². The molecular weight excluding hydrogens is 205 g/mol. The Morgan fingerprint density at radius 2 is 2.25 bits per heavy atom. The average Bonchev–Trinajstić information content (AvgIpc) is 2.75. The molecule has 16 heavy (non-hydrogen) atoms. The molecule has 0 spiro atoms. The second-order valence-electron chi connectivity index (χ2n) is 3.51. The molecule has 1 aromatic heterocycles. The minimum absolute atomic E-state index is 0.249. The highest BCUT2D eigenvalue weighted by Crippen LogP contribution is 2.09. The van der Waals surface area contributed by atoms with Crippen molar-refractivity contribution in [3.8, 4) is 5.69 Å². The maximum Gasteiger partial charge on any atom is 0.125 e. The van der Waals surface area contributed by atoms with E-state index in [1.165, 1.54) is 12.1 Å². The molecule has 0 amide bonds. The number of nitrogens with zero attached hydrogens (tertiary/aromatic N) is 2. The number of hydrogen-bond acceptors (Lipinski definition) is 2. The van der Waals surface area contributed by atoms with Crippen molar-refractivity contribution in [2.24, 2.45) is 0 Å². The zero-order chi connectivity index (χ0) is 11.4. The van der Waals surface area contributed by atoms with Crippen molar-refractivity contribution >= 4 is 0 Å². The second kappa shape index (κ2) is 4.90. The van der Waals surface area contributed by atoms with Gasteiger partial charge in [0, 0.05) is 12.7 Å². The van der Waals surface area contributed by atoms with E-state index < -0.39 is 0 Å². The third-order valence-electron chi connectivity index (χ3n) is 2.27. The van der Waals surface area contributed by atoms with Crippen molar-refractivity contribution in [1.29, 1.82) is 0 Å². The molecule has 0 atom stereocenters. The van der Waals surface area contributed by atoms with Crippen LogP contribution in [0.4, 0.5) is 4.39 Å².